The molecule has 84 valence electrons. The first kappa shape index (κ1) is 10.3. The largest absolute Gasteiger partial charge is 0.260 e. The summed E-state index contributed by atoms with van der Waals surface area (Å²) in [5.74, 6) is 0.553. The van der Waals surface area contributed by atoms with Crippen LogP contribution in [0.2, 0.25) is 0 Å². The van der Waals surface area contributed by atoms with Crippen LogP contribution in [0.5, 0.6) is 0 Å². The molecular formula is C14H16ClN. The van der Waals surface area contributed by atoms with Gasteiger partial charge < -0.3 is 0 Å². The molecule has 0 spiro atoms. The fourth-order valence-electron chi connectivity index (χ4n) is 2.96. The molecule has 1 nitrogen and oxygen atoms in total. The Labute approximate surface area is 102 Å². The number of rotatable bonds is 1. The van der Waals surface area contributed by atoms with E-state index in [0.29, 0.717) is 5.92 Å². The quantitative estimate of drug-likeness (QED) is 0.531. The van der Waals surface area contributed by atoms with E-state index < -0.39 is 0 Å². The average molecular weight is 234 g/mol. The topological polar surface area (TPSA) is 12.9 Å². The van der Waals surface area contributed by atoms with Crippen LogP contribution in [0.3, 0.4) is 0 Å². The molecule has 0 aromatic carbocycles. The van der Waals surface area contributed by atoms with Crippen molar-refractivity contribution in [3.8, 4) is 0 Å². The predicted molar refractivity (Wildman–Crippen MR) is 66.9 cm³/mol. The van der Waals surface area contributed by atoms with E-state index in [4.69, 9.17) is 11.6 Å². The van der Waals surface area contributed by atoms with Gasteiger partial charge >= 0.3 is 0 Å². The number of aromatic nitrogens is 1. The van der Waals surface area contributed by atoms with Crippen LogP contribution in [0, 0.1) is 0 Å². The third kappa shape index (κ3) is 1.78. The first-order valence-corrected chi connectivity index (χ1v) is 6.56. The molecule has 2 aliphatic rings. The number of allylic oxidation sites excluding steroid dienone is 2. The van der Waals surface area contributed by atoms with Crippen LogP contribution < -0.4 is 0 Å². The number of halogens is 1. The third-order valence-corrected chi connectivity index (χ3v) is 4.09. The van der Waals surface area contributed by atoms with E-state index in [0.717, 1.165) is 6.42 Å². The van der Waals surface area contributed by atoms with Gasteiger partial charge in [0, 0.05) is 12.1 Å². The number of fused-ring (bicyclic) bond motifs is 1. The Hall–Kier alpha value is -0.820. The second-order valence-corrected chi connectivity index (χ2v) is 5.35. The van der Waals surface area contributed by atoms with Gasteiger partial charge in [-0.15, -0.1) is 11.6 Å². The Bertz CT molecular complexity index is 424. The molecule has 2 aliphatic carbocycles. The van der Waals surface area contributed by atoms with Crippen molar-refractivity contribution in [2.24, 2.45) is 0 Å². The van der Waals surface area contributed by atoms with E-state index in [9.17, 15) is 0 Å². The van der Waals surface area contributed by atoms with Crippen LogP contribution in [-0.4, -0.2) is 10.4 Å². The molecule has 1 heterocycles. The zero-order chi connectivity index (χ0) is 11.0. The summed E-state index contributed by atoms with van der Waals surface area (Å²) in [6.45, 7) is 0. The number of alkyl halides is 1. The van der Waals surface area contributed by atoms with Crippen molar-refractivity contribution in [2.75, 3.05) is 0 Å². The Morgan fingerprint density at radius 3 is 3.06 bits per heavy atom. The van der Waals surface area contributed by atoms with E-state index in [1.54, 1.807) is 0 Å². The Balaban J connectivity index is 1.92. The molecule has 2 atom stereocenters. The lowest BCUT2D eigenvalue weighted by Gasteiger charge is -2.21. The van der Waals surface area contributed by atoms with Gasteiger partial charge in [0.2, 0.25) is 0 Å². The van der Waals surface area contributed by atoms with Gasteiger partial charge in [-0.25, -0.2) is 0 Å². The predicted octanol–water partition coefficient (Wildman–Crippen LogP) is 3.83. The lowest BCUT2D eigenvalue weighted by atomic mass is 9.87. The van der Waals surface area contributed by atoms with Crippen molar-refractivity contribution in [2.45, 2.75) is 43.4 Å². The van der Waals surface area contributed by atoms with Gasteiger partial charge in [-0.3, -0.25) is 4.98 Å². The molecule has 2 unspecified atom stereocenters. The first-order chi connectivity index (χ1) is 7.84. The highest BCUT2D eigenvalue weighted by Gasteiger charge is 2.28. The van der Waals surface area contributed by atoms with Crippen LogP contribution in [0.1, 0.15) is 42.9 Å². The van der Waals surface area contributed by atoms with Crippen LogP contribution >= 0.6 is 11.6 Å². The molecule has 1 aromatic rings. The lowest BCUT2D eigenvalue weighted by molar-refractivity contribution is 0.632. The van der Waals surface area contributed by atoms with Crippen molar-refractivity contribution in [3.05, 3.63) is 41.2 Å². The molecule has 16 heavy (non-hydrogen) atoms. The van der Waals surface area contributed by atoms with Crippen molar-refractivity contribution in [3.63, 3.8) is 0 Å². The normalized spacial score (nSPS) is 28.7. The van der Waals surface area contributed by atoms with Crippen molar-refractivity contribution >= 4 is 11.6 Å². The van der Waals surface area contributed by atoms with Crippen molar-refractivity contribution < 1.29 is 0 Å². The molecule has 0 N–H and O–H groups in total. The maximum atomic E-state index is 6.22. The van der Waals surface area contributed by atoms with Gasteiger partial charge in [0.25, 0.3) is 0 Å². The van der Waals surface area contributed by atoms with Crippen LogP contribution in [0.15, 0.2) is 30.0 Å². The number of nitrogens with zero attached hydrogens (tertiary/aromatic N) is 1. The van der Waals surface area contributed by atoms with Gasteiger partial charge in [0.05, 0.1) is 11.1 Å². The van der Waals surface area contributed by atoms with Crippen LogP contribution in [0.4, 0.5) is 0 Å². The fraction of sp³-hybridized carbons (Fsp3) is 0.500. The summed E-state index contributed by atoms with van der Waals surface area (Å²) in [5, 5.41) is 0.247. The minimum absolute atomic E-state index is 0.247. The zero-order valence-electron chi connectivity index (χ0n) is 9.32. The van der Waals surface area contributed by atoms with Crippen molar-refractivity contribution in [1.82, 2.24) is 4.98 Å². The van der Waals surface area contributed by atoms with E-state index in [1.807, 2.05) is 12.3 Å². The maximum absolute atomic E-state index is 6.22. The molecule has 0 amide bonds. The standard InChI is InChI=1S/C14H16ClN/c15-12-5-1-3-11(9-12)13-7-6-10-4-2-8-16-14(10)13/h2,4,8-9,12-13H,1,3,5-7H2. The highest BCUT2D eigenvalue weighted by molar-refractivity contribution is 6.21. The van der Waals surface area contributed by atoms with Gasteiger partial charge in [-0.2, -0.15) is 0 Å². The minimum Gasteiger partial charge on any atom is -0.260 e. The van der Waals surface area contributed by atoms with Gasteiger partial charge in [-0.1, -0.05) is 17.7 Å². The number of hydrogen-bond acceptors (Lipinski definition) is 1. The number of hydrogen-bond donors (Lipinski definition) is 0. The number of aryl methyl sites for hydroxylation is 1. The molecule has 0 saturated carbocycles. The highest BCUT2D eigenvalue weighted by Crippen LogP contribution is 2.40. The third-order valence-electron chi connectivity index (χ3n) is 3.75. The van der Waals surface area contributed by atoms with Crippen LogP contribution in [-0.2, 0) is 6.42 Å². The zero-order valence-corrected chi connectivity index (χ0v) is 10.1. The monoisotopic (exact) mass is 233 g/mol. The molecule has 0 aliphatic heterocycles. The second kappa shape index (κ2) is 4.21. The molecule has 0 radical (unpaired) electrons. The molecule has 0 fully saturated rings. The number of pyridine rings is 1. The summed E-state index contributed by atoms with van der Waals surface area (Å²) in [5.41, 5.74) is 4.27. The average Bonchev–Trinajstić information content (AvgIpc) is 2.72. The van der Waals surface area contributed by atoms with Crippen LogP contribution in [0.25, 0.3) is 0 Å². The highest BCUT2D eigenvalue weighted by atomic mass is 35.5. The Morgan fingerprint density at radius 2 is 2.19 bits per heavy atom. The second-order valence-electron chi connectivity index (χ2n) is 4.79. The minimum atomic E-state index is 0.247. The molecular weight excluding hydrogens is 218 g/mol. The van der Waals surface area contributed by atoms with E-state index >= 15 is 0 Å². The molecule has 2 heteroatoms. The lowest BCUT2D eigenvalue weighted by Crippen LogP contribution is -2.09. The molecule has 3 rings (SSSR count). The Morgan fingerprint density at radius 1 is 1.25 bits per heavy atom. The van der Waals surface area contributed by atoms with E-state index in [2.05, 4.69) is 17.1 Å². The van der Waals surface area contributed by atoms with Crippen molar-refractivity contribution in [1.29, 1.82) is 0 Å². The maximum Gasteiger partial charge on any atom is 0.0518 e. The summed E-state index contributed by atoms with van der Waals surface area (Å²) in [6.07, 6.45) is 10.2. The summed E-state index contributed by atoms with van der Waals surface area (Å²) in [7, 11) is 0. The van der Waals surface area contributed by atoms with E-state index in [1.165, 1.54) is 42.5 Å². The summed E-state index contributed by atoms with van der Waals surface area (Å²) < 4.78 is 0. The van der Waals surface area contributed by atoms with Gasteiger partial charge in [0.1, 0.15) is 0 Å². The molecule has 1 aromatic heterocycles. The SMILES string of the molecule is ClC1C=C(C2CCc3cccnc32)CCC1. The molecule has 0 bridgehead atoms. The van der Waals surface area contributed by atoms with Gasteiger partial charge in [0.15, 0.2) is 0 Å². The fourth-order valence-corrected chi connectivity index (χ4v) is 3.28. The Kier molecular flexibility index (Phi) is 2.72. The summed E-state index contributed by atoms with van der Waals surface area (Å²) in [4.78, 5) is 4.56. The van der Waals surface area contributed by atoms with E-state index in [-0.39, 0.29) is 5.38 Å². The summed E-state index contributed by atoms with van der Waals surface area (Å²) in [6, 6.07) is 4.25. The summed E-state index contributed by atoms with van der Waals surface area (Å²) >= 11 is 6.22. The molecule has 0 saturated heterocycles. The smallest absolute Gasteiger partial charge is 0.0518 e. The first-order valence-electron chi connectivity index (χ1n) is 6.13. The van der Waals surface area contributed by atoms with Gasteiger partial charge in [-0.05, 0) is 43.7 Å².